The smallest absolute Gasteiger partial charge is 0.166 e. The Balaban J connectivity index is 1.87. The number of methoxy groups -OCH3 is 2. The average molecular weight is 338 g/mol. The Kier molecular flexibility index (Phi) is 4.36. The summed E-state index contributed by atoms with van der Waals surface area (Å²) in [6.07, 6.45) is 3.20. The number of ether oxygens (including phenoxy) is 2. The molecule has 0 spiro atoms. The van der Waals surface area contributed by atoms with Crippen molar-refractivity contribution in [1.29, 1.82) is 0 Å². The van der Waals surface area contributed by atoms with E-state index in [-0.39, 0.29) is 22.2 Å². The summed E-state index contributed by atoms with van der Waals surface area (Å²) in [7, 11) is 0.0431. The van der Waals surface area contributed by atoms with Gasteiger partial charge in [-0.2, -0.15) is 0 Å². The summed E-state index contributed by atoms with van der Waals surface area (Å²) in [4.78, 5) is 12.9. The van der Waals surface area contributed by atoms with Crippen LogP contribution in [0.1, 0.15) is 42.5 Å². The minimum absolute atomic E-state index is 0.00556. The molecule has 2 heterocycles. The third-order valence-electron chi connectivity index (χ3n) is 5.08. The van der Waals surface area contributed by atoms with Gasteiger partial charge in [0, 0.05) is 17.5 Å². The number of hydrogen-bond donors (Lipinski definition) is 0. The molecule has 0 saturated carbocycles. The van der Waals surface area contributed by atoms with Gasteiger partial charge >= 0.3 is 0 Å². The largest absolute Gasteiger partial charge is 0.497 e. The highest BCUT2D eigenvalue weighted by Crippen LogP contribution is 2.40. The second-order valence-electron chi connectivity index (χ2n) is 6.40. The van der Waals surface area contributed by atoms with E-state index in [1.165, 1.54) is 0 Å². The van der Waals surface area contributed by atoms with E-state index in [0.717, 1.165) is 6.42 Å². The van der Waals surface area contributed by atoms with Crippen LogP contribution < -0.4 is 9.47 Å². The molecule has 1 aromatic rings. The SMILES string of the molecule is COc1cc(OC)cc(C(=O)C2CC3CCCC(C2)S3(=O)=O)c1. The highest BCUT2D eigenvalue weighted by Gasteiger charge is 2.46. The lowest BCUT2D eigenvalue weighted by atomic mass is 9.84. The molecular weight excluding hydrogens is 316 g/mol. The second-order valence-corrected chi connectivity index (χ2v) is 8.91. The molecule has 0 aliphatic carbocycles. The molecule has 2 unspecified atom stereocenters. The van der Waals surface area contributed by atoms with Gasteiger partial charge in [0.1, 0.15) is 11.5 Å². The van der Waals surface area contributed by atoms with Crippen molar-refractivity contribution in [2.75, 3.05) is 14.2 Å². The molecule has 2 fully saturated rings. The van der Waals surface area contributed by atoms with Crippen LogP contribution in [0.3, 0.4) is 0 Å². The number of hydrogen-bond acceptors (Lipinski definition) is 5. The Bertz CT molecular complexity index is 667. The molecule has 6 heteroatoms. The number of sulfone groups is 1. The minimum atomic E-state index is -3.04. The monoisotopic (exact) mass is 338 g/mol. The molecule has 3 rings (SSSR count). The summed E-state index contributed by atoms with van der Waals surface area (Å²) in [6.45, 7) is 0. The molecule has 1 aromatic carbocycles. The predicted octanol–water partition coefficient (Wildman–Crippen LogP) is 2.63. The van der Waals surface area contributed by atoms with Gasteiger partial charge in [0.15, 0.2) is 15.6 Å². The summed E-state index contributed by atoms with van der Waals surface area (Å²) >= 11 is 0. The van der Waals surface area contributed by atoms with Crippen molar-refractivity contribution < 1.29 is 22.7 Å². The van der Waals surface area contributed by atoms with E-state index >= 15 is 0 Å². The number of rotatable bonds is 4. The minimum Gasteiger partial charge on any atom is -0.497 e. The molecule has 2 aliphatic heterocycles. The van der Waals surface area contributed by atoms with Gasteiger partial charge in [0.05, 0.1) is 24.7 Å². The van der Waals surface area contributed by atoms with Crippen molar-refractivity contribution >= 4 is 15.6 Å². The van der Waals surface area contributed by atoms with Crippen LogP contribution >= 0.6 is 0 Å². The summed E-state index contributed by atoms with van der Waals surface area (Å²) in [5.41, 5.74) is 0.531. The average Bonchev–Trinajstić information content (AvgIpc) is 2.52. The van der Waals surface area contributed by atoms with E-state index in [1.54, 1.807) is 32.4 Å². The molecule has 2 aliphatic rings. The van der Waals surface area contributed by atoms with Crippen LogP contribution in [0.25, 0.3) is 0 Å². The topological polar surface area (TPSA) is 69.7 Å². The van der Waals surface area contributed by atoms with E-state index in [1.807, 2.05) is 0 Å². The molecule has 2 atom stereocenters. The normalized spacial score (nSPS) is 28.9. The summed E-state index contributed by atoms with van der Waals surface area (Å²) in [5.74, 6) is 0.896. The van der Waals surface area contributed by atoms with Crippen molar-refractivity contribution in [3.05, 3.63) is 23.8 Å². The Morgan fingerprint density at radius 3 is 2.00 bits per heavy atom. The van der Waals surface area contributed by atoms with Gasteiger partial charge in [-0.05, 0) is 37.8 Å². The molecule has 2 bridgehead atoms. The van der Waals surface area contributed by atoms with E-state index in [9.17, 15) is 13.2 Å². The maximum absolute atomic E-state index is 12.9. The first kappa shape index (κ1) is 16.3. The third-order valence-corrected chi connectivity index (χ3v) is 7.80. The van der Waals surface area contributed by atoms with Gasteiger partial charge in [0.2, 0.25) is 0 Å². The van der Waals surface area contributed by atoms with Crippen LogP contribution in [0, 0.1) is 5.92 Å². The zero-order chi connectivity index (χ0) is 16.6. The lowest BCUT2D eigenvalue weighted by Gasteiger charge is -2.38. The van der Waals surface area contributed by atoms with Crippen LogP contribution in [-0.2, 0) is 9.84 Å². The summed E-state index contributed by atoms with van der Waals surface area (Å²) < 4.78 is 35.1. The molecule has 0 aromatic heterocycles. The fourth-order valence-electron chi connectivity index (χ4n) is 3.81. The molecule has 2 saturated heterocycles. The van der Waals surface area contributed by atoms with Crippen molar-refractivity contribution in [1.82, 2.24) is 0 Å². The zero-order valence-corrected chi connectivity index (χ0v) is 14.3. The molecule has 0 amide bonds. The highest BCUT2D eigenvalue weighted by atomic mass is 32.2. The van der Waals surface area contributed by atoms with Crippen LogP contribution in [0.2, 0.25) is 0 Å². The van der Waals surface area contributed by atoms with E-state index in [2.05, 4.69) is 0 Å². The highest BCUT2D eigenvalue weighted by molar-refractivity contribution is 7.92. The first-order chi connectivity index (χ1) is 11.0. The van der Waals surface area contributed by atoms with Crippen molar-refractivity contribution in [2.24, 2.45) is 5.92 Å². The number of Topliss-reactive ketones (excluding diaryl/α,β-unsaturated/α-hetero) is 1. The number of carbonyl (C=O) groups excluding carboxylic acids is 1. The first-order valence-corrected chi connectivity index (χ1v) is 9.56. The Morgan fingerprint density at radius 2 is 1.52 bits per heavy atom. The zero-order valence-electron chi connectivity index (χ0n) is 13.4. The molecule has 0 radical (unpaired) electrons. The standard InChI is InChI=1S/C17H22O5S/c1-21-13-6-11(7-14(10-13)22-2)17(18)12-8-15-4-3-5-16(9-12)23(15,19)20/h6-7,10,12,15-16H,3-5,8-9H2,1-2H3. The van der Waals surface area contributed by atoms with Gasteiger partial charge in [-0.15, -0.1) is 0 Å². The van der Waals surface area contributed by atoms with Crippen LogP contribution in [0.5, 0.6) is 11.5 Å². The summed E-state index contributed by atoms with van der Waals surface area (Å²) in [5, 5.41) is -0.701. The Morgan fingerprint density at radius 1 is 1.00 bits per heavy atom. The van der Waals surface area contributed by atoms with E-state index in [4.69, 9.17) is 9.47 Å². The third kappa shape index (κ3) is 2.96. The maximum Gasteiger partial charge on any atom is 0.166 e. The first-order valence-electron chi connectivity index (χ1n) is 7.95. The van der Waals surface area contributed by atoms with Crippen LogP contribution in [-0.4, -0.2) is 38.9 Å². The van der Waals surface area contributed by atoms with E-state index < -0.39 is 9.84 Å². The number of fused-ring (bicyclic) bond motifs is 2. The molecular formula is C17H22O5S. The van der Waals surface area contributed by atoms with Gasteiger partial charge in [0.25, 0.3) is 0 Å². The Labute approximate surface area is 136 Å². The molecule has 5 nitrogen and oxygen atoms in total. The molecule has 126 valence electrons. The van der Waals surface area contributed by atoms with Crippen molar-refractivity contribution in [3.8, 4) is 11.5 Å². The number of carbonyl (C=O) groups is 1. The summed E-state index contributed by atoms with van der Waals surface area (Å²) in [6, 6.07) is 5.12. The van der Waals surface area contributed by atoms with Crippen molar-refractivity contribution in [3.63, 3.8) is 0 Å². The second kappa shape index (κ2) is 6.15. The molecule has 0 N–H and O–H groups in total. The van der Waals surface area contributed by atoms with Gasteiger partial charge in [-0.25, -0.2) is 8.42 Å². The van der Waals surface area contributed by atoms with Gasteiger partial charge in [-0.3, -0.25) is 4.79 Å². The molecule has 23 heavy (non-hydrogen) atoms. The van der Waals surface area contributed by atoms with Crippen molar-refractivity contribution in [2.45, 2.75) is 42.6 Å². The van der Waals surface area contributed by atoms with Crippen LogP contribution in [0.4, 0.5) is 0 Å². The van der Waals surface area contributed by atoms with Gasteiger partial charge in [-0.1, -0.05) is 6.42 Å². The predicted molar refractivity (Wildman–Crippen MR) is 86.9 cm³/mol. The Hall–Kier alpha value is -1.56. The lowest BCUT2D eigenvalue weighted by Crippen LogP contribution is -2.45. The fraction of sp³-hybridized carbons (Fsp3) is 0.588. The number of ketones is 1. The van der Waals surface area contributed by atoms with E-state index in [0.29, 0.717) is 42.7 Å². The number of benzene rings is 1. The van der Waals surface area contributed by atoms with Gasteiger partial charge < -0.3 is 9.47 Å². The quantitative estimate of drug-likeness (QED) is 0.789. The maximum atomic E-state index is 12.9. The van der Waals surface area contributed by atoms with Crippen LogP contribution in [0.15, 0.2) is 18.2 Å². The fourth-order valence-corrected chi connectivity index (χ4v) is 6.34. The lowest BCUT2D eigenvalue weighted by molar-refractivity contribution is 0.0893.